The number of nitrogens with one attached hydrogen (secondary N) is 1. The molecule has 0 aromatic carbocycles. The molecular formula is C28H38N8O4. The van der Waals surface area contributed by atoms with Crippen molar-refractivity contribution >= 4 is 35.0 Å². The summed E-state index contributed by atoms with van der Waals surface area (Å²) in [6, 6.07) is 3.47. The summed E-state index contributed by atoms with van der Waals surface area (Å²) in [7, 11) is 0. The summed E-state index contributed by atoms with van der Waals surface area (Å²) in [6.07, 6.45) is 3.83. The predicted molar refractivity (Wildman–Crippen MR) is 152 cm³/mol. The Balaban J connectivity index is 1.35. The molecule has 0 radical (unpaired) electrons. The van der Waals surface area contributed by atoms with Gasteiger partial charge in [-0.2, -0.15) is 5.10 Å². The first-order chi connectivity index (χ1) is 18.9. The van der Waals surface area contributed by atoms with Crippen LogP contribution in [0.5, 0.6) is 5.75 Å². The number of carbonyl (C=O) groups excluding carboxylic acids is 2. The van der Waals surface area contributed by atoms with E-state index in [1.54, 1.807) is 32.8 Å². The molecule has 3 amide bonds. The number of anilines is 3. The van der Waals surface area contributed by atoms with Crippen LogP contribution in [0.2, 0.25) is 0 Å². The van der Waals surface area contributed by atoms with Crippen molar-refractivity contribution in [1.29, 1.82) is 0 Å². The zero-order valence-corrected chi connectivity index (χ0v) is 24.3. The van der Waals surface area contributed by atoms with Crippen molar-refractivity contribution in [1.82, 2.24) is 24.5 Å². The number of hydrogen-bond donors (Lipinski definition) is 1. The number of carbonyl (C=O) groups is 2. The smallest absolute Gasteiger partial charge is 0.410 e. The number of fused-ring (bicyclic) bond motifs is 2. The van der Waals surface area contributed by atoms with E-state index in [2.05, 4.69) is 25.3 Å². The van der Waals surface area contributed by atoms with Crippen LogP contribution in [0.1, 0.15) is 52.9 Å². The lowest BCUT2D eigenvalue weighted by molar-refractivity contribution is 0.000362. The van der Waals surface area contributed by atoms with E-state index in [1.165, 1.54) is 0 Å². The van der Waals surface area contributed by atoms with E-state index in [-0.39, 0.29) is 12.1 Å². The van der Waals surface area contributed by atoms with E-state index in [0.717, 1.165) is 11.3 Å². The molecule has 12 heteroatoms. The van der Waals surface area contributed by atoms with Gasteiger partial charge in [0.2, 0.25) is 0 Å². The van der Waals surface area contributed by atoms with Crippen molar-refractivity contribution in [3.63, 3.8) is 0 Å². The van der Waals surface area contributed by atoms with Crippen molar-refractivity contribution in [3.8, 4) is 5.75 Å². The molecule has 3 aromatic heterocycles. The maximum absolute atomic E-state index is 13.5. The average Bonchev–Trinajstić information content (AvgIpc) is 3.44. The quantitative estimate of drug-likeness (QED) is 0.512. The van der Waals surface area contributed by atoms with Crippen LogP contribution < -0.4 is 19.9 Å². The van der Waals surface area contributed by atoms with Gasteiger partial charge in [0.1, 0.15) is 28.7 Å². The molecule has 1 N–H and O–H groups in total. The Labute approximate surface area is 234 Å². The van der Waals surface area contributed by atoms with Gasteiger partial charge in [-0.15, -0.1) is 0 Å². The molecule has 0 bridgehead atoms. The minimum absolute atomic E-state index is 0.296. The molecule has 2 aliphatic heterocycles. The number of ether oxygens (including phenoxy) is 2. The molecule has 40 heavy (non-hydrogen) atoms. The van der Waals surface area contributed by atoms with Crippen molar-refractivity contribution in [3.05, 3.63) is 35.9 Å². The zero-order chi connectivity index (χ0) is 28.8. The fourth-order valence-electron chi connectivity index (χ4n) is 5.36. The molecule has 5 rings (SSSR count). The highest BCUT2D eigenvalue weighted by Crippen LogP contribution is 2.37. The molecule has 12 nitrogen and oxygen atoms in total. The number of urea groups is 1. The Morgan fingerprint density at radius 3 is 2.65 bits per heavy atom. The number of aryl methyl sites for hydroxylation is 1. The number of amides is 3. The van der Waals surface area contributed by atoms with Gasteiger partial charge in [-0.25, -0.2) is 24.1 Å². The molecule has 0 atom stereocenters. The number of piperazine rings is 1. The zero-order valence-electron chi connectivity index (χ0n) is 24.3. The first-order valence-electron chi connectivity index (χ1n) is 13.7. The van der Waals surface area contributed by atoms with E-state index >= 15 is 0 Å². The van der Waals surface area contributed by atoms with Crippen LogP contribution in [-0.2, 0) is 11.2 Å². The van der Waals surface area contributed by atoms with Gasteiger partial charge in [0.05, 0.1) is 18.3 Å². The van der Waals surface area contributed by atoms with Crippen LogP contribution in [0.3, 0.4) is 0 Å². The highest BCUT2D eigenvalue weighted by Gasteiger charge is 2.40. The predicted octanol–water partition coefficient (Wildman–Crippen LogP) is 4.26. The Hall–Kier alpha value is -4.09. The second-order valence-electron chi connectivity index (χ2n) is 11.8. The Kier molecular flexibility index (Phi) is 6.97. The first kappa shape index (κ1) is 27.5. The highest BCUT2D eigenvalue weighted by molar-refractivity contribution is 6.03. The summed E-state index contributed by atoms with van der Waals surface area (Å²) in [6.45, 7) is 16.2. The minimum atomic E-state index is -0.552. The molecule has 0 saturated carbocycles. The summed E-state index contributed by atoms with van der Waals surface area (Å²) in [4.78, 5) is 41.1. The van der Waals surface area contributed by atoms with Gasteiger partial charge >= 0.3 is 12.1 Å². The number of rotatable bonds is 4. The van der Waals surface area contributed by atoms with E-state index < -0.39 is 11.1 Å². The molecule has 0 unspecified atom stereocenters. The average molecular weight is 551 g/mol. The van der Waals surface area contributed by atoms with E-state index in [4.69, 9.17) is 9.47 Å². The number of pyridine rings is 2. The molecule has 5 heterocycles. The van der Waals surface area contributed by atoms with Gasteiger partial charge in [-0.3, -0.25) is 9.80 Å². The van der Waals surface area contributed by atoms with Crippen molar-refractivity contribution in [2.24, 2.45) is 0 Å². The van der Waals surface area contributed by atoms with E-state index in [1.807, 2.05) is 54.5 Å². The summed E-state index contributed by atoms with van der Waals surface area (Å²) in [5, 5.41) is 7.35. The molecule has 2 aliphatic rings. The van der Waals surface area contributed by atoms with Gasteiger partial charge < -0.3 is 19.7 Å². The molecule has 0 aliphatic carbocycles. The van der Waals surface area contributed by atoms with Crippen molar-refractivity contribution < 1.29 is 19.1 Å². The third-order valence-electron chi connectivity index (χ3n) is 7.03. The normalized spacial score (nSPS) is 16.7. The lowest BCUT2D eigenvalue weighted by Crippen LogP contribution is -2.62. The van der Waals surface area contributed by atoms with Gasteiger partial charge in [-0.05, 0) is 61.0 Å². The topological polar surface area (TPSA) is 117 Å². The molecule has 0 spiro atoms. The van der Waals surface area contributed by atoms with Crippen LogP contribution in [0.15, 0.2) is 24.5 Å². The fourth-order valence-corrected chi connectivity index (χ4v) is 5.36. The molecule has 1 fully saturated rings. The number of nitrogens with zero attached hydrogens (tertiary/aromatic N) is 7. The third-order valence-corrected chi connectivity index (χ3v) is 7.03. The van der Waals surface area contributed by atoms with Crippen LogP contribution in [-0.4, -0.2) is 80.5 Å². The second-order valence-corrected chi connectivity index (χ2v) is 11.8. The fraction of sp³-hybridized carbons (Fsp3) is 0.536. The summed E-state index contributed by atoms with van der Waals surface area (Å²) >= 11 is 0. The van der Waals surface area contributed by atoms with Crippen LogP contribution >= 0.6 is 0 Å². The second kappa shape index (κ2) is 10.1. The van der Waals surface area contributed by atoms with Crippen LogP contribution in [0.4, 0.5) is 26.8 Å². The van der Waals surface area contributed by atoms with Crippen LogP contribution in [0, 0.1) is 6.92 Å². The Bertz CT molecular complexity index is 1440. The van der Waals surface area contributed by atoms with Crippen LogP contribution in [0.25, 0.3) is 5.65 Å². The summed E-state index contributed by atoms with van der Waals surface area (Å²) < 4.78 is 13.1. The monoisotopic (exact) mass is 550 g/mol. The SMILES string of the molecule is CCOc1cc2nc(C)nn2cc1NC(=O)N1CCc2c(N3CCN(C(=O)OC(C)(C)C)C(C)(C)C3)ccnc21. The maximum Gasteiger partial charge on any atom is 0.410 e. The number of hydrogen-bond acceptors (Lipinski definition) is 8. The molecule has 3 aromatic rings. The lowest BCUT2D eigenvalue weighted by atomic mass is 9.98. The van der Waals surface area contributed by atoms with E-state index in [0.29, 0.717) is 67.9 Å². The van der Waals surface area contributed by atoms with Gasteiger partial charge in [0, 0.05) is 49.7 Å². The minimum Gasteiger partial charge on any atom is -0.491 e. The van der Waals surface area contributed by atoms with Gasteiger partial charge in [0.25, 0.3) is 0 Å². The lowest BCUT2D eigenvalue weighted by Gasteiger charge is -2.48. The van der Waals surface area contributed by atoms with Gasteiger partial charge in [-0.1, -0.05) is 0 Å². The molecular weight excluding hydrogens is 512 g/mol. The molecule has 1 saturated heterocycles. The highest BCUT2D eigenvalue weighted by atomic mass is 16.6. The number of aromatic nitrogens is 4. The summed E-state index contributed by atoms with van der Waals surface area (Å²) in [5.41, 5.74) is 2.21. The molecule has 214 valence electrons. The van der Waals surface area contributed by atoms with Crippen molar-refractivity contribution in [2.45, 2.75) is 66.0 Å². The maximum atomic E-state index is 13.5. The van der Waals surface area contributed by atoms with E-state index in [9.17, 15) is 9.59 Å². The van der Waals surface area contributed by atoms with Crippen molar-refractivity contribution in [2.75, 3.05) is 47.9 Å². The standard InChI is InChI=1S/C28H38N8O4/c1-8-39-22-15-23-30-18(2)32-36(23)16-20(22)31-25(37)34-12-10-19-21(9-11-29-24(19)34)33-13-14-35(28(6,7)17-33)26(38)40-27(3,4)5/h9,11,15-16H,8,10,12-14,17H2,1-7H3,(H,31,37). The largest absolute Gasteiger partial charge is 0.491 e. The first-order valence-corrected chi connectivity index (χ1v) is 13.7. The Morgan fingerprint density at radius 2 is 1.95 bits per heavy atom. The third kappa shape index (κ3) is 5.34. The summed E-state index contributed by atoms with van der Waals surface area (Å²) in [5.74, 6) is 1.80. The Morgan fingerprint density at radius 1 is 1.18 bits per heavy atom. The van der Waals surface area contributed by atoms with Gasteiger partial charge in [0.15, 0.2) is 5.65 Å².